The van der Waals surface area contributed by atoms with Gasteiger partial charge in [0.15, 0.2) is 16.9 Å². The lowest BCUT2D eigenvalue weighted by atomic mass is 10.0. The number of nitrogens with one attached hydrogen (secondary N) is 1. The van der Waals surface area contributed by atoms with Gasteiger partial charge in [-0.2, -0.15) is 9.97 Å². The molecular formula is C22H14ClN5O. The number of hydrogen-bond acceptors (Lipinski definition) is 4. The van der Waals surface area contributed by atoms with Crippen LogP contribution in [0, 0.1) is 0 Å². The minimum absolute atomic E-state index is 0.0559. The van der Waals surface area contributed by atoms with E-state index < -0.39 is 0 Å². The highest BCUT2D eigenvalue weighted by atomic mass is 35.5. The lowest BCUT2D eigenvalue weighted by Gasteiger charge is -2.13. The highest BCUT2D eigenvalue weighted by Gasteiger charge is 2.16. The molecule has 0 atom stereocenters. The predicted molar refractivity (Wildman–Crippen MR) is 113 cm³/mol. The summed E-state index contributed by atoms with van der Waals surface area (Å²) in [6, 6.07) is 19.1. The minimum atomic E-state index is -0.0559. The number of halogens is 1. The molecule has 5 aromatic rings. The summed E-state index contributed by atoms with van der Waals surface area (Å²) >= 11 is 6.12. The molecule has 0 saturated carbocycles. The highest BCUT2D eigenvalue weighted by molar-refractivity contribution is 6.28. The fourth-order valence-corrected chi connectivity index (χ4v) is 3.49. The Morgan fingerprint density at radius 3 is 2.00 bits per heavy atom. The molecule has 3 heterocycles. The normalized spacial score (nSPS) is 11.1. The maximum absolute atomic E-state index is 13.3. The fourth-order valence-electron chi connectivity index (χ4n) is 3.33. The number of fused-ring (bicyclic) bond motifs is 1. The SMILES string of the molecule is O=c1c(-c2ccccc2)cn(-c2nc(Cl)nc3nc[nH]c23)cc1-c1ccccc1. The lowest BCUT2D eigenvalue weighted by molar-refractivity contribution is 0.979. The quantitative estimate of drug-likeness (QED) is 0.453. The van der Waals surface area contributed by atoms with Crippen LogP contribution >= 0.6 is 11.6 Å². The molecule has 2 aromatic carbocycles. The number of aromatic amines is 1. The van der Waals surface area contributed by atoms with E-state index in [1.54, 1.807) is 17.0 Å². The number of hydrogen-bond donors (Lipinski definition) is 1. The van der Waals surface area contributed by atoms with Crippen LogP contribution in [0.2, 0.25) is 5.28 Å². The number of aromatic nitrogens is 5. The Morgan fingerprint density at radius 1 is 0.828 bits per heavy atom. The van der Waals surface area contributed by atoms with E-state index in [1.807, 2.05) is 60.7 Å². The van der Waals surface area contributed by atoms with Gasteiger partial charge < -0.3 is 9.55 Å². The van der Waals surface area contributed by atoms with Gasteiger partial charge in [-0.15, -0.1) is 0 Å². The Labute approximate surface area is 170 Å². The zero-order valence-electron chi connectivity index (χ0n) is 15.1. The molecule has 0 unspecified atom stereocenters. The van der Waals surface area contributed by atoms with Crippen molar-refractivity contribution in [3.8, 4) is 28.1 Å². The Bertz CT molecular complexity index is 1310. The lowest BCUT2D eigenvalue weighted by Crippen LogP contribution is -2.13. The average Bonchev–Trinajstić information content (AvgIpc) is 3.23. The number of pyridine rings is 1. The topological polar surface area (TPSA) is 76.5 Å². The van der Waals surface area contributed by atoms with Crippen molar-refractivity contribution in [2.45, 2.75) is 0 Å². The number of rotatable bonds is 3. The summed E-state index contributed by atoms with van der Waals surface area (Å²) in [6.45, 7) is 0. The van der Waals surface area contributed by atoms with Crippen molar-refractivity contribution in [1.29, 1.82) is 0 Å². The van der Waals surface area contributed by atoms with Crippen molar-refractivity contribution in [3.63, 3.8) is 0 Å². The van der Waals surface area contributed by atoms with Crippen LogP contribution < -0.4 is 5.43 Å². The number of nitrogens with zero attached hydrogens (tertiary/aromatic N) is 4. The zero-order valence-corrected chi connectivity index (χ0v) is 15.8. The van der Waals surface area contributed by atoms with Gasteiger partial charge in [-0.3, -0.25) is 4.79 Å². The third-order valence-corrected chi connectivity index (χ3v) is 4.85. The molecule has 0 fully saturated rings. The van der Waals surface area contributed by atoms with Crippen LogP contribution in [0.3, 0.4) is 0 Å². The molecular weight excluding hydrogens is 386 g/mol. The Morgan fingerprint density at radius 2 is 1.41 bits per heavy atom. The van der Waals surface area contributed by atoms with E-state index in [2.05, 4.69) is 19.9 Å². The van der Waals surface area contributed by atoms with E-state index in [4.69, 9.17) is 11.6 Å². The van der Waals surface area contributed by atoms with Crippen molar-refractivity contribution in [2.75, 3.05) is 0 Å². The number of benzene rings is 2. The largest absolute Gasteiger partial charge is 0.340 e. The highest BCUT2D eigenvalue weighted by Crippen LogP contribution is 2.25. The summed E-state index contributed by atoms with van der Waals surface area (Å²) in [5.41, 5.74) is 3.82. The molecule has 0 aliphatic heterocycles. The van der Waals surface area contributed by atoms with E-state index in [0.29, 0.717) is 28.1 Å². The van der Waals surface area contributed by atoms with Crippen molar-refractivity contribution >= 4 is 22.8 Å². The summed E-state index contributed by atoms with van der Waals surface area (Å²) < 4.78 is 1.79. The molecule has 7 heteroatoms. The van der Waals surface area contributed by atoms with Gasteiger partial charge in [0.1, 0.15) is 5.52 Å². The molecule has 0 saturated heterocycles. The standard InChI is InChI=1S/C22H14ClN5O/c23-22-26-20-18(24-13-25-20)21(27-22)28-11-16(14-7-3-1-4-8-14)19(29)17(12-28)15-9-5-2-6-10-15/h1-13H,(H,24,25,26,27). The summed E-state index contributed by atoms with van der Waals surface area (Å²) in [6.07, 6.45) is 5.07. The molecule has 6 nitrogen and oxygen atoms in total. The third-order valence-electron chi connectivity index (χ3n) is 4.68. The van der Waals surface area contributed by atoms with Crippen LogP contribution in [0.4, 0.5) is 0 Å². The molecule has 0 aliphatic rings. The van der Waals surface area contributed by atoms with Crippen LogP contribution in [0.15, 0.2) is 84.2 Å². The molecule has 0 spiro atoms. The number of imidazole rings is 1. The van der Waals surface area contributed by atoms with E-state index >= 15 is 0 Å². The molecule has 140 valence electrons. The number of H-pyrrole nitrogens is 1. The van der Waals surface area contributed by atoms with Gasteiger partial charge in [0.25, 0.3) is 0 Å². The second-order valence-corrected chi connectivity index (χ2v) is 6.81. The second-order valence-electron chi connectivity index (χ2n) is 6.47. The maximum atomic E-state index is 13.3. The van der Waals surface area contributed by atoms with Crippen molar-refractivity contribution in [1.82, 2.24) is 24.5 Å². The Kier molecular flexibility index (Phi) is 4.18. The average molecular weight is 400 g/mol. The van der Waals surface area contributed by atoms with E-state index in [9.17, 15) is 4.79 Å². The van der Waals surface area contributed by atoms with E-state index in [0.717, 1.165) is 11.1 Å². The first-order chi connectivity index (χ1) is 14.2. The summed E-state index contributed by atoms with van der Waals surface area (Å²) in [7, 11) is 0. The zero-order chi connectivity index (χ0) is 19.8. The van der Waals surface area contributed by atoms with Gasteiger partial charge in [0, 0.05) is 23.5 Å². The summed E-state index contributed by atoms with van der Waals surface area (Å²) in [5, 5.41) is 0.0841. The first-order valence-electron chi connectivity index (χ1n) is 8.95. The van der Waals surface area contributed by atoms with Crippen LogP contribution in [0.25, 0.3) is 39.2 Å². The van der Waals surface area contributed by atoms with Gasteiger partial charge in [-0.1, -0.05) is 60.7 Å². The second kappa shape index (κ2) is 7.00. The smallest absolute Gasteiger partial charge is 0.226 e. The monoisotopic (exact) mass is 399 g/mol. The van der Waals surface area contributed by atoms with Crippen molar-refractivity contribution in [2.24, 2.45) is 0 Å². The molecule has 1 N–H and O–H groups in total. The first kappa shape index (κ1) is 17.3. The van der Waals surface area contributed by atoms with E-state index in [1.165, 1.54) is 6.33 Å². The summed E-state index contributed by atoms with van der Waals surface area (Å²) in [4.78, 5) is 29.1. The molecule has 0 bridgehead atoms. The van der Waals surface area contributed by atoms with Gasteiger partial charge in [-0.05, 0) is 22.7 Å². The van der Waals surface area contributed by atoms with Crippen molar-refractivity contribution < 1.29 is 0 Å². The van der Waals surface area contributed by atoms with Gasteiger partial charge in [0.2, 0.25) is 5.28 Å². The van der Waals surface area contributed by atoms with Crippen LogP contribution in [0.1, 0.15) is 0 Å². The Hall–Kier alpha value is -3.77. The van der Waals surface area contributed by atoms with Gasteiger partial charge in [-0.25, -0.2) is 4.98 Å². The first-order valence-corrected chi connectivity index (χ1v) is 9.32. The fraction of sp³-hybridized carbons (Fsp3) is 0. The Balaban J connectivity index is 1.85. The predicted octanol–water partition coefficient (Wildman–Crippen LogP) is 4.49. The summed E-state index contributed by atoms with van der Waals surface area (Å²) in [5.74, 6) is 0.520. The van der Waals surface area contributed by atoms with Crippen molar-refractivity contribution in [3.05, 3.63) is 94.9 Å². The van der Waals surface area contributed by atoms with Crippen LogP contribution in [-0.4, -0.2) is 24.5 Å². The van der Waals surface area contributed by atoms with Crippen LogP contribution in [0.5, 0.6) is 0 Å². The molecule has 0 amide bonds. The molecule has 0 radical (unpaired) electrons. The maximum Gasteiger partial charge on any atom is 0.226 e. The van der Waals surface area contributed by atoms with Gasteiger partial charge in [0.05, 0.1) is 6.33 Å². The molecule has 0 aliphatic carbocycles. The molecule has 3 aromatic heterocycles. The molecule has 5 rings (SSSR count). The van der Waals surface area contributed by atoms with Crippen LogP contribution in [-0.2, 0) is 0 Å². The van der Waals surface area contributed by atoms with E-state index in [-0.39, 0.29) is 10.7 Å². The third kappa shape index (κ3) is 3.09. The minimum Gasteiger partial charge on any atom is -0.340 e. The molecule has 29 heavy (non-hydrogen) atoms. The van der Waals surface area contributed by atoms with Gasteiger partial charge >= 0.3 is 0 Å².